The Morgan fingerprint density at radius 1 is 0.256 bits per heavy atom. The smallest absolute Gasteiger partial charge is 0.306 e. The van der Waals surface area contributed by atoms with Gasteiger partial charge in [0, 0.05) is 19.3 Å². The molecule has 0 aromatic carbocycles. The van der Waals surface area contributed by atoms with Crippen LogP contribution in [-0.2, 0) is 28.6 Å². The molecule has 0 aliphatic heterocycles. The van der Waals surface area contributed by atoms with E-state index in [1.54, 1.807) is 0 Å². The highest BCUT2D eigenvalue weighted by Gasteiger charge is 2.19. The van der Waals surface area contributed by atoms with Crippen molar-refractivity contribution in [2.45, 2.75) is 393 Å². The quantitative estimate of drug-likeness (QED) is 0.0261. The van der Waals surface area contributed by atoms with Gasteiger partial charge in [-0.2, -0.15) is 0 Å². The highest BCUT2D eigenvalue weighted by molar-refractivity contribution is 5.71. The van der Waals surface area contributed by atoms with Crippen LogP contribution in [0.2, 0.25) is 0 Å². The minimum atomic E-state index is -0.791. The van der Waals surface area contributed by atoms with E-state index in [0.717, 1.165) is 83.5 Å². The fraction of sp³-hybridized carbons (Fsp3) is 0.829. The molecule has 0 aliphatic rings. The van der Waals surface area contributed by atoms with Gasteiger partial charge in [0.1, 0.15) is 13.2 Å². The normalized spacial score (nSPS) is 12.4. The third-order valence-corrected chi connectivity index (χ3v) is 16.3. The van der Waals surface area contributed by atoms with Crippen LogP contribution in [0.15, 0.2) is 60.8 Å². The first-order chi connectivity index (χ1) is 40.5. The van der Waals surface area contributed by atoms with Crippen molar-refractivity contribution in [2.24, 2.45) is 0 Å². The van der Waals surface area contributed by atoms with Crippen LogP contribution < -0.4 is 0 Å². The van der Waals surface area contributed by atoms with E-state index < -0.39 is 6.10 Å². The van der Waals surface area contributed by atoms with Crippen LogP contribution >= 0.6 is 0 Å². The second-order valence-electron chi connectivity index (χ2n) is 24.5. The Bertz CT molecular complexity index is 1460. The van der Waals surface area contributed by atoms with Gasteiger partial charge in [0.2, 0.25) is 0 Å². The van der Waals surface area contributed by atoms with Crippen LogP contribution in [0.5, 0.6) is 0 Å². The first kappa shape index (κ1) is 79.1. The molecule has 6 nitrogen and oxygen atoms in total. The molecule has 0 fully saturated rings. The summed E-state index contributed by atoms with van der Waals surface area (Å²) in [6.45, 7) is 6.56. The second-order valence-corrected chi connectivity index (χ2v) is 24.5. The first-order valence-corrected chi connectivity index (χ1v) is 36.3. The fourth-order valence-electron chi connectivity index (χ4n) is 10.8. The van der Waals surface area contributed by atoms with Gasteiger partial charge in [-0.3, -0.25) is 14.4 Å². The largest absolute Gasteiger partial charge is 0.462 e. The number of esters is 3. The monoisotopic (exact) mass is 1150 g/mol. The van der Waals surface area contributed by atoms with Crippen molar-refractivity contribution >= 4 is 17.9 Å². The molecule has 478 valence electrons. The standard InChI is InChI=1S/C76H138O6/c1-4-7-10-13-16-19-22-25-28-30-32-34-36-38-40-41-43-45-48-51-54-57-60-63-66-69-75(78)81-72-73(71-80-74(77)68-65-62-59-56-53-50-47-27-24-21-18-15-12-9-6-3)82-76(79)70-67-64-61-58-55-52-49-46-44-42-39-37-35-33-31-29-26-23-20-17-14-11-8-5-2/h9,12,18,21,27,30,32,47,53,56,73H,4-8,10-11,13-17,19-20,22-26,28-29,31,33-46,48-52,54-55,57-72H2,1-3H3/b12-9-,21-18-,32-30-,47-27-,56-53-. The van der Waals surface area contributed by atoms with E-state index in [1.807, 2.05) is 0 Å². The number of unbranched alkanes of at least 4 members (excludes halogenated alkanes) is 46. The van der Waals surface area contributed by atoms with Crippen LogP contribution in [0.3, 0.4) is 0 Å². The molecule has 0 aromatic heterocycles. The van der Waals surface area contributed by atoms with Gasteiger partial charge in [0.05, 0.1) is 0 Å². The van der Waals surface area contributed by atoms with Gasteiger partial charge in [-0.15, -0.1) is 0 Å². The number of allylic oxidation sites excluding steroid dienone is 10. The Balaban J connectivity index is 4.29. The molecule has 0 aliphatic carbocycles. The third-order valence-electron chi connectivity index (χ3n) is 16.3. The molecule has 1 atom stereocenters. The number of hydrogen-bond acceptors (Lipinski definition) is 6. The molecule has 0 spiro atoms. The molecule has 0 bridgehead atoms. The second kappa shape index (κ2) is 70.6. The maximum Gasteiger partial charge on any atom is 0.306 e. The average molecular weight is 1150 g/mol. The van der Waals surface area contributed by atoms with Crippen LogP contribution in [0, 0.1) is 0 Å². The van der Waals surface area contributed by atoms with Crippen LogP contribution in [0.25, 0.3) is 0 Å². The summed E-state index contributed by atoms with van der Waals surface area (Å²) in [7, 11) is 0. The van der Waals surface area contributed by atoms with Gasteiger partial charge in [0.25, 0.3) is 0 Å². The summed E-state index contributed by atoms with van der Waals surface area (Å²) in [5, 5.41) is 0. The molecular formula is C76H138O6. The molecular weight excluding hydrogens is 1010 g/mol. The van der Waals surface area contributed by atoms with Crippen molar-refractivity contribution in [1.82, 2.24) is 0 Å². The zero-order valence-corrected chi connectivity index (χ0v) is 55.0. The summed E-state index contributed by atoms with van der Waals surface area (Å²) in [4.78, 5) is 38.5. The maximum absolute atomic E-state index is 13.0. The summed E-state index contributed by atoms with van der Waals surface area (Å²) >= 11 is 0. The number of ether oxygens (including phenoxy) is 3. The lowest BCUT2D eigenvalue weighted by Gasteiger charge is -2.18. The van der Waals surface area contributed by atoms with E-state index in [4.69, 9.17) is 14.2 Å². The van der Waals surface area contributed by atoms with E-state index in [2.05, 4.69) is 81.5 Å². The Kier molecular flexibility index (Phi) is 68.1. The molecule has 1 unspecified atom stereocenters. The topological polar surface area (TPSA) is 78.9 Å². The first-order valence-electron chi connectivity index (χ1n) is 36.3. The van der Waals surface area contributed by atoms with E-state index in [9.17, 15) is 14.4 Å². The van der Waals surface area contributed by atoms with Crippen molar-refractivity contribution in [3.8, 4) is 0 Å². The number of rotatable bonds is 67. The molecule has 0 heterocycles. The van der Waals surface area contributed by atoms with E-state index in [-0.39, 0.29) is 31.1 Å². The minimum Gasteiger partial charge on any atom is -0.462 e. The summed E-state index contributed by atoms with van der Waals surface area (Å²) in [5.74, 6) is -0.901. The number of carbonyl (C=O) groups excluding carboxylic acids is 3. The van der Waals surface area contributed by atoms with Crippen molar-refractivity contribution < 1.29 is 28.6 Å². The summed E-state index contributed by atoms with van der Waals surface area (Å²) in [6, 6.07) is 0. The van der Waals surface area contributed by atoms with Crippen LogP contribution in [0.4, 0.5) is 0 Å². The maximum atomic E-state index is 13.0. The highest BCUT2D eigenvalue weighted by Crippen LogP contribution is 2.19. The Morgan fingerprint density at radius 2 is 0.476 bits per heavy atom. The summed E-state index contributed by atoms with van der Waals surface area (Å²) in [6.07, 6.45) is 91.2. The van der Waals surface area contributed by atoms with Crippen LogP contribution in [0.1, 0.15) is 387 Å². The van der Waals surface area contributed by atoms with Crippen molar-refractivity contribution in [2.75, 3.05) is 13.2 Å². The van der Waals surface area contributed by atoms with E-state index in [1.165, 1.54) is 263 Å². The lowest BCUT2D eigenvalue weighted by molar-refractivity contribution is -0.167. The zero-order valence-electron chi connectivity index (χ0n) is 55.0. The molecule has 0 rings (SSSR count). The van der Waals surface area contributed by atoms with E-state index in [0.29, 0.717) is 19.3 Å². The predicted molar refractivity (Wildman–Crippen MR) is 358 cm³/mol. The Morgan fingerprint density at radius 3 is 0.780 bits per heavy atom. The highest BCUT2D eigenvalue weighted by atomic mass is 16.6. The van der Waals surface area contributed by atoms with Gasteiger partial charge in [-0.05, 0) is 83.5 Å². The molecule has 0 saturated carbocycles. The Labute approximate surface area is 510 Å². The minimum absolute atomic E-state index is 0.0834. The number of hydrogen-bond donors (Lipinski definition) is 0. The van der Waals surface area contributed by atoms with Gasteiger partial charge in [0.15, 0.2) is 6.10 Å². The molecule has 0 saturated heterocycles. The lowest BCUT2D eigenvalue weighted by Crippen LogP contribution is -2.30. The van der Waals surface area contributed by atoms with Gasteiger partial charge < -0.3 is 14.2 Å². The number of carbonyl (C=O) groups is 3. The van der Waals surface area contributed by atoms with E-state index >= 15 is 0 Å². The zero-order chi connectivity index (χ0) is 59.2. The Hall–Kier alpha value is -2.89. The van der Waals surface area contributed by atoms with Gasteiger partial charge in [-0.25, -0.2) is 0 Å². The SMILES string of the molecule is CC/C=C\C/C=C\C/C=C\C/C=C\CCCCC(=O)OCC(COC(=O)CCCCCCCCCCCCCCC/C=C\CCCCCCCCCC)OC(=O)CCCCCCCCCCCCCCCCCCCCCCCCCC. The van der Waals surface area contributed by atoms with Gasteiger partial charge in [-0.1, -0.05) is 345 Å². The summed E-state index contributed by atoms with van der Waals surface area (Å²) in [5.41, 5.74) is 0. The molecule has 82 heavy (non-hydrogen) atoms. The molecule has 0 radical (unpaired) electrons. The third kappa shape index (κ3) is 67.9. The van der Waals surface area contributed by atoms with Crippen molar-refractivity contribution in [1.29, 1.82) is 0 Å². The fourth-order valence-corrected chi connectivity index (χ4v) is 10.8. The molecule has 6 heteroatoms. The molecule has 0 aromatic rings. The predicted octanol–water partition coefficient (Wildman–Crippen LogP) is 25.1. The molecule has 0 N–H and O–H groups in total. The average Bonchev–Trinajstić information content (AvgIpc) is 3.48. The van der Waals surface area contributed by atoms with Crippen molar-refractivity contribution in [3.05, 3.63) is 60.8 Å². The van der Waals surface area contributed by atoms with Gasteiger partial charge >= 0.3 is 17.9 Å². The van der Waals surface area contributed by atoms with Crippen molar-refractivity contribution in [3.63, 3.8) is 0 Å². The lowest BCUT2D eigenvalue weighted by atomic mass is 10.0. The summed E-state index contributed by atoms with van der Waals surface area (Å²) < 4.78 is 17.0. The molecule has 0 amide bonds. The van der Waals surface area contributed by atoms with Crippen LogP contribution in [-0.4, -0.2) is 37.2 Å².